The summed E-state index contributed by atoms with van der Waals surface area (Å²) in [6.45, 7) is 10.1. The molecule has 3 aliphatic heterocycles. The number of carbonyl (C=O) groups is 4. The van der Waals surface area contributed by atoms with E-state index >= 15 is 8.78 Å². The molecule has 3 saturated heterocycles. The van der Waals surface area contributed by atoms with Crippen LogP contribution < -0.4 is 31.7 Å². The van der Waals surface area contributed by atoms with Crippen molar-refractivity contribution in [2.24, 2.45) is 10.8 Å². The highest BCUT2D eigenvalue weighted by Crippen LogP contribution is 2.35. The van der Waals surface area contributed by atoms with Crippen molar-refractivity contribution < 1.29 is 56.1 Å². The van der Waals surface area contributed by atoms with Crippen molar-refractivity contribution in [1.29, 1.82) is 0 Å². The van der Waals surface area contributed by atoms with E-state index in [2.05, 4.69) is 58.3 Å². The van der Waals surface area contributed by atoms with Gasteiger partial charge in [0.05, 0.1) is 50.8 Å². The first-order valence-electron chi connectivity index (χ1n) is 24.9. The van der Waals surface area contributed by atoms with Crippen molar-refractivity contribution in [3.63, 3.8) is 0 Å². The van der Waals surface area contributed by atoms with Gasteiger partial charge in [0, 0.05) is 72.8 Å². The number of halogens is 4. The number of aromatic nitrogens is 3. The Balaban J connectivity index is 0.991. The molecule has 2 aromatic carbocycles. The molecule has 7 rings (SSSR count). The number of carbonyl (C=O) groups excluding carboxylic acids is 4. The highest BCUT2D eigenvalue weighted by atomic mass is 19.3. The van der Waals surface area contributed by atoms with E-state index in [-0.39, 0.29) is 24.2 Å². The first-order valence-corrected chi connectivity index (χ1v) is 24.9. The van der Waals surface area contributed by atoms with Gasteiger partial charge in [0.1, 0.15) is 29.5 Å². The standard InChI is InChI=1S/C53H66F4N10O8/c1-52(2,3)45(62-51(72)75-21-19-38-39(54)23-34(24-40(38)55)41-18-20-66(64-41)49(56)57)47(69)60-42(43(68)26-59-63-48(70)46(53(4,5)6)61-50(71)73-7)22-32-11-8-31(9-12-32)10-13-33-14-17-44(58-25-33)65-27-35-15-16-36(28-65)67(35)37-29-74-30-37/h8-9,11-12,14,17-18,20,23-25,35-37,42-43,45-46,49,59,68H,15-16,19,21-22,26-30H2,1-7H3,(H,60,69)(H,61,71)(H,62,72)(H,63,70)/t35?,36?,42-,43-,45+,46+/m0/s1. The molecule has 0 radical (unpaired) electrons. The molecule has 22 heteroatoms. The number of ether oxygens (including phenoxy) is 3. The molecule has 6 atom stereocenters. The van der Waals surface area contributed by atoms with Crippen LogP contribution in [-0.2, 0) is 36.6 Å². The molecule has 404 valence electrons. The van der Waals surface area contributed by atoms with Crippen molar-refractivity contribution >= 4 is 29.8 Å². The van der Waals surface area contributed by atoms with E-state index in [1.54, 1.807) is 59.9 Å². The molecule has 75 heavy (non-hydrogen) atoms. The number of nitrogens with one attached hydrogen (secondary N) is 5. The van der Waals surface area contributed by atoms with Gasteiger partial charge in [-0.25, -0.2) is 33.5 Å². The largest absolute Gasteiger partial charge is 0.453 e. The Labute approximate surface area is 433 Å². The first kappa shape index (κ1) is 55.9. The Morgan fingerprint density at radius 1 is 0.827 bits per heavy atom. The number of alkyl carbamates (subject to hydrolysis) is 2. The monoisotopic (exact) mass is 1050 g/mol. The molecule has 0 spiro atoms. The van der Waals surface area contributed by atoms with Crippen LogP contribution in [0.25, 0.3) is 11.3 Å². The van der Waals surface area contributed by atoms with Gasteiger partial charge >= 0.3 is 18.7 Å². The first-order chi connectivity index (χ1) is 35.6. The molecule has 4 amide bonds. The van der Waals surface area contributed by atoms with Gasteiger partial charge in [-0.3, -0.25) is 19.9 Å². The molecule has 5 heterocycles. The second-order valence-corrected chi connectivity index (χ2v) is 21.2. The van der Waals surface area contributed by atoms with E-state index in [0.29, 0.717) is 33.9 Å². The molecule has 0 saturated carbocycles. The molecule has 2 aromatic heterocycles. The molecule has 3 fully saturated rings. The van der Waals surface area contributed by atoms with Gasteiger partial charge in [-0.05, 0) is 78.1 Å². The summed E-state index contributed by atoms with van der Waals surface area (Å²) in [6, 6.07) is 12.5. The number of amides is 4. The third-order valence-corrected chi connectivity index (χ3v) is 13.5. The number of hydrogen-bond acceptors (Lipinski definition) is 13. The van der Waals surface area contributed by atoms with Crippen LogP contribution in [0.1, 0.15) is 83.2 Å². The lowest BCUT2D eigenvalue weighted by molar-refractivity contribution is -0.128. The van der Waals surface area contributed by atoms with Crippen LogP contribution in [0.2, 0.25) is 0 Å². The number of hydrazine groups is 1. The topological polar surface area (TPSA) is 214 Å². The van der Waals surface area contributed by atoms with Crippen LogP contribution in [0.15, 0.2) is 67.0 Å². The Bertz CT molecular complexity index is 2660. The number of hydrogen-bond donors (Lipinski definition) is 6. The fourth-order valence-corrected chi connectivity index (χ4v) is 9.41. The number of nitrogens with zero attached hydrogens (tertiary/aromatic N) is 5. The van der Waals surface area contributed by atoms with E-state index in [9.17, 15) is 33.1 Å². The molecule has 18 nitrogen and oxygen atoms in total. The zero-order valence-electron chi connectivity index (χ0n) is 43.1. The van der Waals surface area contributed by atoms with Gasteiger partial charge in [-0.1, -0.05) is 65.5 Å². The molecular formula is C53H66F4N10O8. The zero-order valence-corrected chi connectivity index (χ0v) is 43.1. The number of methoxy groups -OCH3 is 1. The van der Waals surface area contributed by atoms with E-state index in [1.165, 1.54) is 26.0 Å². The summed E-state index contributed by atoms with van der Waals surface area (Å²) in [5, 5.41) is 23.2. The molecular weight excluding hydrogens is 981 g/mol. The molecule has 2 unspecified atom stereocenters. The number of anilines is 1. The van der Waals surface area contributed by atoms with Gasteiger partial charge in [0.25, 0.3) is 5.91 Å². The van der Waals surface area contributed by atoms with Crippen LogP contribution in [0.5, 0.6) is 0 Å². The number of benzene rings is 2. The third-order valence-electron chi connectivity index (χ3n) is 13.5. The second kappa shape index (κ2) is 24.3. The van der Waals surface area contributed by atoms with E-state index in [1.807, 2.05) is 24.3 Å². The van der Waals surface area contributed by atoms with Crippen LogP contribution in [0.4, 0.5) is 33.0 Å². The fraction of sp³-hybridized carbons (Fsp3) is 0.509. The van der Waals surface area contributed by atoms with E-state index in [4.69, 9.17) is 14.5 Å². The maximum Gasteiger partial charge on any atom is 0.407 e. The van der Waals surface area contributed by atoms with Gasteiger partial charge in [0.2, 0.25) is 5.91 Å². The Kier molecular flexibility index (Phi) is 18.1. The number of aliphatic hydroxyl groups is 1. The molecule has 4 aromatic rings. The number of pyridine rings is 1. The average molecular weight is 1050 g/mol. The lowest BCUT2D eigenvalue weighted by Crippen LogP contribution is -2.62. The summed E-state index contributed by atoms with van der Waals surface area (Å²) >= 11 is 0. The van der Waals surface area contributed by atoms with E-state index in [0.717, 1.165) is 56.0 Å². The average Bonchev–Trinajstić information content (AvgIpc) is 3.93. The smallest absolute Gasteiger partial charge is 0.407 e. The minimum Gasteiger partial charge on any atom is -0.453 e. The SMILES string of the molecule is COC(=O)N[C@H](C(=O)NNC[C@H](O)[C@H](Cc1ccc(C#Cc2ccc(N3CC4CCC(C3)N4C3COC3)nc2)cc1)NC(=O)[C@@H](NC(=O)OCCc1c(F)cc(-c2ccn(C(F)F)n2)cc1F)C(C)(C)C)C(C)(C)C. The lowest BCUT2D eigenvalue weighted by atomic mass is 9.85. The van der Waals surface area contributed by atoms with Crippen LogP contribution in [-0.4, -0.2) is 138 Å². The van der Waals surface area contributed by atoms with Crippen LogP contribution >= 0.6 is 0 Å². The predicted molar refractivity (Wildman–Crippen MR) is 269 cm³/mol. The molecule has 3 aliphatic rings. The number of fused-ring (bicyclic) bond motifs is 2. The van der Waals surface area contributed by atoms with Gasteiger partial charge < -0.3 is 40.2 Å². The van der Waals surface area contributed by atoms with Crippen molar-refractivity contribution in [2.45, 2.75) is 116 Å². The number of piperazine rings is 1. The molecule has 6 N–H and O–H groups in total. The minimum absolute atomic E-state index is 0.0691. The summed E-state index contributed by atoms with van der Waals surface area (Å²) in [6.07, 6.45) is 1.56. The summed E-state index contributed by atoms with van der Waals surface area (Å²) in [4.78, 5) is 62.4. The third kappa shape index (κ3) is 14.5. The number of rotatable bonds is 18. The maximum absolute atomic E-state index is 15.1. The minimum atomic E-state index is -2.94. The summed E-state index contributed by atoms with van der Waals surface area (Å²) in [5.41, 5.74) is 5.11. The highest BCUT2D eigenvalue weighted by Gasteiger charge is 2.45. The lowest BCUT2D eigenvalue weighted by Gasteiger charge is -2.47. The summed E-state index contributed by atoms with van der Waals surface area (Å²) < 4.78 is 72.0. The number of aliphatic hydroxyl groups excluding tert-OH is 1. The summed E-state index contributed by atoms with van der Waals surface area (Å²) in [7, 11) is 1.17. The van der Waals surface area contributed by atoms with Crippen molar-refractivity contribution in [3.8, 4) is 23.1 Å². The Morgan fingerprint density at radius 2 is 1.44 bits per heavy atom. The maximum atomic E-state index is 15.1. The van der Waals surface area contributed by atoms with Crippen molar-refractivity contribution in [3.05, 3.63) is 101 Å². The van der Waals surface area contributed by atoms with Gasteiger partial charge in [-0.15, -0.1) is 0 Å². The van der Waals surface area contributed by atoms with Gasteiger partial charge in [-0.2, -0.15) is 13.9 Å². The number of alkyl halides is 2. The highest BCUT2D eigenvalue weighted by molar-refractivity contribution is 5.87. The molecule has 2 bridgehead atoms. The second-order valence-electron chi connectivity index (χ2n) is 21.2. The fourth-order valence-electron chi connectivity index (χ4n) is 9.41. The van der Waals surface area contributed by atoms with Crippen LogP contribution in [0, 0.1) is 34.3 Å². The zero-order chi connectivity index (χ0) is 54.2. The normalized spacial score (nSPS) is 18.4. The van der Waals surface area contributed by atoms with Crippen molar-refractivity contribution in [2.75, 3.05) is 51.5 Å². The van der Waals surface area contributed by atoms with Crippen molar-refractivity contribution in [1.82, 2.24) is 46.5 Å². The predicted octanol–water partition coefficient (Wildman–Crippen LogP) is 5.23. The Morgan fingerprint density at radius 3 is 2.00 bits per heavy atom. The van der Waals surface area contributed by atoms with Crippen LogP contribution in [0.3, 0.4) is 0 Å². The quantitative estimate of drug-likeness (QED) is 0.0429. The van der Waals surface area contributed by atoms with E-state index < -0.39 is 95.8 Å². The summed E-state index contributed by atoms with van der Waals surface area (Å²) in [5.74, 6) is 3.94. The Hall–Kier alpha value is -6.80. The molecule has 0 aliphatic carbocycles. The van der Waals surface area contributed by atoms with Gasteiger partial charge in [0.15, 0.2) is 0 Å².